The molecule has 0 amide bonds. The van der Waals surface area contributed by atoms with E-state index in [1.54, 1.807) is 0 Å². The molecule has 1 rings (SSSR count). The highest BCUT2D eigenvalue weighted by molar-refractivity contribution is 8.46. The van der Waals surface area contributed by atoms with Crippen molar-refractivity contribution < 1.29 is 19.4 Å². The van der Waals surface area contributed by atoms with Crippen molar-refractivity contribution in [2.45, 2.75) is 63.1 Å². The second-order valence-electron chi connectivity index (χ2n) is 6.48. The van der Waals surface area contributed by atoms with E-state index >= 15 is 0 Å². The molecule has 126 valence electrons. The first-order chi connectivity index (χ1) is 9.05. The van der Waals surface area contributed by atoms with Crippen molar-refractivity contribution in [3.8, 4) is 0 Å². The van der Waals surface area contributed by atoms with E-state index in [1.165, 1.54) is 0 Å². The van der Waals surface area contributed by atoms with Gasteiger partial charge in [0.1, 0.15) is 13.0 Å². The summed E-state index contributed by atoms with van der Waals surface area (Å²) in [6.07, 6.45) is 0.256. The monoisotopic (exact) mass is 350 g/mol. The van der Waals surface area contributed by atoms with Crippen molar-refractivity contribution in [3.05, 3.63) is 6.20 Å². The molecule has 0 atom stereocenters. The maximum absolute atomic E-state index is 13.3. The lowest BCUT2D eigenvalue weighted by Gasteiger charge is -2.47. The topological polar surface area (TPSA) is 28.7 Å². The van der Waals surface area contributed by atoms with E-state index < -0.39 is 23.2 Å². The van der Waals surface area contributed by atoms with Crippen LogP contribution < -0.4 is 5.32 Å². The maximum atomic E-state index is 13.3. The first-order valence-electron chi connectivity index (χ1n) is 6.83. The number of H-pyrrole nitrogens is 1. The summed E-state index contributed by atoms with van der Waals surface area (Å²) in [5.41, 5.74) is -0.384. The maximum Gasteiger partial charge on any atom is 0.313 e. The molecule has 0 saturated heterocycles. The van der Waals surface area contributed by atoms with Crippen molar-refractivity contribution in [3.63, 3.8) is 0 Å². The number of hydrogen-bond donors (Lipinski definition) is 1. The van der Waals surface area contributed by atoms with Gasteiger partial charge in [0, 0.05) is 5.32 Å². The van der Waals surface area contributed by atoms with Gasteiger partial charge in [-0.3, -0.25) is 5.10 Å². The Morgan fingerprint density at radius 1 is 0.905 bits per heavy atom. The first-order valence-corrected chi connectivity index (χ1v) is 11.0. The molecule has 21 heavy (non-hydrogen) atoms. The molecule has 2 nitrogen and oxygen atoms in total. The standard InChI is InChI=1S/C12H23F5N2SSi/c1-8(2)21(9(3)4,10(5)6)12-11(7-18-19-12)20(13,14,15,16)17/h7-10H,1-6H3,(H,18,19). The third-order valence-electron chi connectivity index (χ3n) is 4.32. The average molecular weight is 350 g/mol. The third kappa shape index (κ3) is 3.13. The Hall–Kier alpha value is -0.573. The molecule has 1 N–H and O–H groups in total. The van der Waals surface area contributed by atoms with Crippen molar-refractivity contribution in [1.29, 1.82) is 0 Å². The van der Waals surface area contributed by atoms with Crippen LogP contribution in [-0.2, 0) is 0 Å². The molecule has 0 spiro atoms. The van der Waals surface area contributed by atoms with Crippen LogP contribution in [0.15, 0.2) is 11.1 Å². The van der Waals surface area contributed by atoms with E-state index in [4.69, 9.17) is 0 Å². The molecule has 0 aliphatic heterocycles. The van der Waals surface area contributed by atoms with Crippen LogP contribution in [0.2, 0.25) is 16.6 Å². The summed E-state index contributed by atoms with van der Waals surface area (Å²) in [5.74, 6) is 0. The summed E-state index contributed by atoms with van der Waals surface area (Å²) >= 11 is 0. The van der Waals surface area contributed by atoms with E-state index in [0.29, 0.717) is 0 Å². The molecule has 0 unspecified atom stereocenters. The lowest BCUT2D eigenvalue weighted by molar-refractivity contribution is 0.365. The highest BCUT2D eigenvalue weighted by Crippen LogP contribution is 3.01. The van der Waals surface area contributed by atoms with E-state index in [2.05, 4.69) is 10.2 Å². The minimum absolute atomic E-state index is 0.128. The molecular weight excluding hydrogens is 327 g/mol. The van der Waals surface area contributed by atoms with Crippen LogP contribution in [0, 0.1) is 0 Å². The second kappa shape index (κ2) is 4.47. The fourth-order valence-electron chi connectivity index (χ4n) is 3.74. The molecular formula is C12H23F5N2SSi. The van der Waals surface area contributed by atoms with Gasteiger partial charge in [-0.15, -0.1) is 0 Å². The Morgan fingerprint density at radius 3 is 1.57 bits per heavy atom. The molecule has 0 bridgehead atoms. The number of nitrogens with zero attached hydrogens (tertiary/aromatic N) is 1. The Morgan fingerprint density at radius 2 is 1.29 bits per heavy atom. The van der Waals surface area contributed by atoms with Crippen molar-refractivity contribution in [1.82, 2.24) is 10.2 Å². The molecule has 9 heteroatoms. The van der Waals surface area contributed by atoms with Gasteiger partial charge in [0.15, 0.2) is 0 Å². The summed E-state index contributed by atoms with van der Waals surface area (Å²) in [6, 6.07) is 0. The van der Waals surface area contributed by atoms with Crippen LogP contribution in [0.1, 0.15) is 41.5 Å². The average Bonchev–Trinajstić information content (AvgIpc) is 2.63. The summed E-state index contributed by atoms with van der Waals surface area (Å²) in [4.78, 5) is -1.82. The van der Waals surface area contributed by atoms with Crippen molar-refractivity contribution in [2.24, 2.45) is 0 Å². The molecule has 0 saturated carbocycles. The van der Waals surface area contributed by atoms with Gasteiger partial charge < -0.3 is 0 Å². The van der Waals surface area contributed by atoms with Crippen LogP contribution in [0.5, 0.6) is 0 Å². The van der Waals surface area contributed by atoms with Gasteiger partial charge in [0.25, 0.3) is 0 Å². The van der Waals surface area contributed by atoms with Crippen LogP contribution in [-0.4, -0.2) is 18.3 Å². The Balaban J connectivity index is 3.78. The summed E-state index contributed by atoms with van der Waals surface area (Å²) in [5, 5.41) is 5.26. The Bertz CT molecular complexity index is 499. The summed E-state index contributed by atoms with van der Waals surface area (Å²) < 4.78 is 66.6. The Labute approximate surface area is 123 Å². The van der Waals surface area contributed by atoms with E-state index in [9.17, 15) is 19.4 Å². The molecule has 1 aromatic rings. The zero-order valence-corrected chi connectivity index (χ0v) is 14.9. The van der Waals surface area contributed by atoms with E-state index in [-0.39, 0.29) is 28.1 Å². The number of halogens is 5. The SMILES string of the molecule is CC(C)[Si](c1[nH]ncc1S(F)(F)(F)(F)F)(C(C)C)C(C)C. The predicted octanol–water partition coefficient (Wildman–Crippen LogP) is 5.95. The van der Waals surface area contributed by atoms with E-state index in [0.717, 1.165) is 0 Å². The lowest BCUT2D eigenvalue weighted by Crippen LogP contribution is -2.57. The van der Waals surface area contributed by atoms with Crippen LogP contribution in [0.3, 0.4) is 0 Å². The molecule has 1 aromatic heterocycles. The second-order valence-corrected chi connectivity index (χ2v) is 14.7. The number of rotatable bonds is 5. The number of aromatic amines is 1. The number of nitrogens with one attached hydrogen (secondary N) is 1. The van der Waals surface area contributed by atoms with Gasteiger partial charge in [-0.1, -0.05) is 61.0 Å². The predicted molar refractivity (Wildman–Crippen MR) is 80.7 cm³/mol. The fourth-order valence-corrected chi connectivity index (χ4v) is 12.0. The van der Waals surface area contributed by atoms with Crippen LogP contribution in [0.25, 0.3) is 0 Å². The van der Waals surface area contributed by atoms with Crippen molar-refractivity contribution in [2.75, 3.05) is 0 Å². The summed E-state index contributed by atoms with van der Waals surface area (Å²) in [6.45, 7) is 10.8. The van der Waals surface area contributed by atoms with Gasteiger partial charge in [-0.2, -0.15) is 5.10 Å². The fraction of sp³-hybridized carbons (Fsp3) is 0.750. The van der Waals surface area contributed by atoms with Gasteiger partial charge >= 0.3 is 10.2 Å². The molecule has 0 aliphatic rings. The van der Waals surface area contributed by atoms with Crippen LogP contribution >= 0.6 is 10.2 Å². The zero-order chi connectivity index (χ0) is 16.9. The minimum atomic E-state index is -9.75. The highest BCUT2D eigenvalue weighted by atomic mass is 32.5. The lowest BCUT2D eigenvalue weighted by atomic mass is 10.5. The largest absolute Gasteiger partial charge is 0.313 e. The Kier molecular flexibility index (Phi) is 3.93. The molecule has 0 radical (unpaired) electrons. The zero-order valence-electron chi connectivity index (χ0n) is 13.1. The minimum Gasteiger partial charge on any atom is -0.285 e. The van der Waals surface area contributed by atoms with Gasteiger partial charge in [0.2, 0.25) is 0 Å². The van der Waals surface area contributed by atoms with Crippen molar-refractivity contribution >= 4 is 23.6 Å². The number of hydrogen-bond acceptors (Lipinski definition) is 1. The van der Waals surface area contributed by atoms with Gasteiger partial charge in [-0.25, -0.2) is 0 Å². The third-order valence-corrected chi connectivity index (χ3v) is 12.6. The quantitative estimate of drug-likeness (QED) is 0.516. The molecule has 1 heterocycles. The molecule has 0 aromatic carbocycles. The normalized spacial score (nSPS) is 17.4. The first kappa shape index (κ1) is 18.5. The van der Waals surface area contributed by atoms with Crippen LogP contribution in [0.4, 0.5) is 19.4 Å². The molecule has 0 aliphatic carbocycles. The number of aromatic nitrogens is 2. The van der Waals surface area contributed by atoms with E-state index in [1.807, 2.05) is 41.5 Å². The smallest absolute Gasteiger partial charge is 0.285 e. The van der Waals surface area contributed by atoms with Gasteiger partial charge in [-0.05, 0) is 16.6 Å². The summed E-state index contributed by atoms with van der Waals surface area (Å²) in [7, 11) is -12.6. The van der Waals surface area contributed by atoms with Gasteiger partial charge in [0.05, 0.1) is 6.20 Å². The highest BCUT2D eigenvalue weighted by Gasteiger charge is 2.69. The molecule has 0 fully saturated rings.